The van der Waals surface area contributed by atoms with Gasteiger partial charge in [-0.1, -0.05) is 0 Å². The molecule has 2 rings (SSSR count). The molecule has 0 unspecified atom stereocenters. The molecule has 0 N–H and O–H groups in total. The number of hydrogen-bond donors (Lipinski definition) is 0. The van der Waals surface area contributed by atoms with E-state index in [2.05, 4.69) is 9.88 Å². The smallest absolute Gasteiger partial charge is 0.377 e. The first-order chi connectivity index (χ1) is 10.3. The number of aryl methyl sites for hydroxylation is 1. The Morgan fingerprint density at radius 3 is 2.59 bits per heavy atom. The standard InChI is InChI=1S/C15H20F3N3O/c1-20(2)7-4-8-21-13-6-5-11(15(16,17)18)9-12(13)19-14(21)10-22-3/h5-6,9H,4,7-8,10H2,1-3H3. The minimum atomic E-state index is -4.36. The van der Waals surface area contributed by atoms with Gasteiger partial charge in [0.15, 0.2) is 0 Å². The predicted octanol–water partition coefficient (Wildman–Crippen LogP) is 3.15. The Labute approximate surface area is 127 Å². The summed E-state index contributed by atoms with van der Waals surface area (Å²) in [5.74, 6) is 0.649. The molecule has 0 amide bonds. The van der Waals surface area contributed by atoms with E-state index in [9.17, 15) is 13.2 Å². The lowest BCUT2D eigenvalue weighted by molar-refractivity contribution is -0.137. The molecule has 0 saturated carbocycles. The Bertz CT molecular complexity index is 635. The minimum absolute atomic E-state index is 0.276. The summed E-state index contributed by atoms with van der Waals surface area (Å²) in [6.07, 6.45) is -3.47. The van der Waals surface area contributed by atoms with E-state index in [4.69, 9.17) is 4.74 Å². The van der Waals surface area contributed by atoms with Crippen LogP contribution in [0.1, 0.15) is 17.8 Å². The van der Waals surface area contributed by atoms with E-state index >= 15 is 0 Å². The predicted molar refractivity (Wildman–Crippen MR) is 78.6 cm³/mol. The van der Waals surface area contributed by atoms with Crippen LogP contribution in [0.3, 0.4) is 0 Å². The van der Waals surface area contributed by atoms with E-state index in [1.54, 1.807) is 7.11 Å². The van der Waals surface area contributed by atoms with Gasteiger partial charge in [-0.05, 0) is 45.3 Å². The molecular weight excluding hydrogens is 295 g/mol. The summed E-state index contributed by atoms with van der Waals surface area (Å²) in [7, 11) is 5.51. The number of benzene rings is 1. The van der Waals surface area contributed by atoms with Gasteiger partial charge in [-0.2, -0.15) is 13.2 Å². The van der Waals surface area contributed by atoms with Crippen LogP contribution in [0.15, 0.2) is 18.2 Å². The summed E-state index contributed by atoms with van der Waals surface area (Å²) in [4.78, 5) is 6.37. The SMILES string of the molecule is COCc1nc2cc(C(F)(F)F)ccc2n1CCCN(C)C. The molecule has 1 aromatic carbocycles. The van der Waals surface area contributed by atoms with Crippen molar-refractivity contribution in [3.8, 4) is 0 Å². The topological polar surface area (TPSA) is 30.3 Å². The van der Waals surface area contributed by atoms with Crippen LogP contribution in [0.25, 0.3) is 11.0 Å². The Morgan fingerprint density at radius 1 is 1.27 bits per heavy atom. The highest BCUT2D eigenvalue weighted by atomic mass is 19.4. The molecule has 0 radical (unpaired) electrons. The molecule has 1 aromatic heterocycles. The maximum absolute atomic E-state index is 12.8. The van der Waals surface area contributed by atoms with Crippen molar-refractivity contribution in [2.75, 3.05) is 27.7 Å². The first-order valence-electron chi connectivity index (χ1n) is 7.03. The van der Waals surface area contributed by atoms with Gasteiger partial charge in [0, 0.05) is 13.7 Å². The van der Waals surface area contributed by atoms with Gasteiger partial charge < -0.3 is 14.2 Å². The van der Waals surface area contributed by atoms with Gasteiger partial charge in [0.2, 0.25) is 0 Å². The molecule has 0 aliphatic rings. The number of rotatable bonds is 6. The van der Waals surface area contributed by atoms with Crippen molar-refractivity contribution >= 4 is 11.0 Å². The van der Waals surface area contributed by atoms with Crippen molar-refractivity contribution < 1.29 is 17.9 Å². The maximum atomic E-state index is 12.8. The Hall–Kier alpha value is -1.60. The molecule has 1 heterocycles. The highest BCUT2D eigenvalue weighted by molar-refractivity contribution is 5.77. The number of hydrogen-bond acceptors (Lipinski definition) is 3. The average Bonchev–Trinajstić information content (AvgIpc) is 2.75. The number of nitrogens with zero attached hydrogens (tertiary/aromatic N) is 3. The second kappa shape index (κ2) is 6.66. The van der Waals surface area contributed by atoms with Crippen LogP contribution in [0.5, 0.6) is 0 Å². The highest BCUT2D eigenvalue weighted by Gasteiger charge is 2.31. The molecule has 0 aliphatic carbocycles. The van der Waals surface area contributed by atoms with Crippen LogP contribution in [0.2, 0.25) is 0 Å². The summed E-state index contributed by atoms with van der Waals surface area (Å²) in [5, 5.41) is 0. The quantitative estimate of drug-likeness (QED) is 0.820. The van der Waals surface area contributed by atoms with Gasteiger partial charge in [0.25, 0.3) is 0 Å². The lowest BCUT2D eigenvalue weighted by Gasteiger charge is -2.12. The van der Waals surface area contributed by atoms with Crippen LogP contribution in [-0.2, 0) is 24.1 Å². The Balaban J connectivity index is 2.37. The molecule has 0 saturated heterocycles. The average molecular weight is 315 g/mol. The number of aromatic nitrogens is 2. The second-order valence-electron chi connectivity index (χ2n) is 5.47. The number of ether oxygens (including phenoxy) is 1. The first kappa shape index (κ1) is 16.8. The van der Waals surface area contributed by atoms with Crippen LogP contribution in [0, 0.1) is 0 Å². The van der Waals surface area contributed by atoms with Gasteiger partial charge in [0.1, 0.15) is 12.4 Å². The van der Waals surface area contributed by atoms with Crippen LogP contribution in [-0.4, -0.2) is 42.2 Å². The van der Waals surface area contributed by atoms with Gasteiger partial charge in [-0.15, -0.1) is 0 Å². The van der Waals surface area contributed by atoms with E-state index in [0.29, 0.717) is 23.4 Å². The number of methoxy groups -OCH3 is 1. The molecule has 4 nitrogen and oxygen atoms in total. The fourth-order valence-electron chi connectivity index (χ4n) is 2.39. The van der Waals surface area contributed by atoms with E-state index in [1.165, 1.54) is 6.07 Å². The van der Waals surface area contributed by atoms with Crippen molar-refractivity contribution in [3.63, 3.8) is 0 Å². The van der Waals surface area contributed by atoms with Gasteiger partial charge in [-0.25, -0.2) is 4.98 Å². The van der Waals surface area contributed by atoms with Crippen LogP contribution in [0.4, 0.5) is 13.2 Å². The van der Waals surface area contributed by atoms with E-state index < -0.39 is 11.7 Å². The van der Waals surface area contributed by atoms with E-state index in [-0.39, 0.29) is 6.61 Å². The zero-order valence-electron chi connectivity index (χ0n) is 12.9. The maximum Gasteiger partial charge on any atom is 0.416 e. The molecule has 0 fully saturated rings. The molecule has 0 spiro atoms. The van der Waals surface area contributed by atoms with Crippen molar-refractivity contribution in [2.45, 2.75) is 25.7 Å². The molecule has 2 aromatic rings. The third-order valence-electron chi connectivity index (χ3n) is 3.42. The van der Waals surface area contributed by atoms with Gasteiger partial charge in [-0.3, -0.25) is 0 Å². The number of halogens is 3. The normalized spacial score (nSPS) is 12.5. The van der Waals surface area contributed by atoms with Crippen LogP contribution < -0.4 is 0 Å². The van der Waals surface area contributed by atoms with Crippen molar-refractivity contribution in [1.82, 2.24) is 14.5 Å². The third-order valence-corrected chi connectivity index (χ3v) is 3.42. The fraction of sp³-hybridized carbons (Fsp3) is 0.533. The molecule has 0 atom stereocenters. The summed E-state index contributed by atoms with van der Waals surface area (Å²) in [5.41, 5.74) is 0.382. The number of alkyl halides is 3. The second-order valence-corrected chi connectivity index (χ2v) is 5.47. The van der Waals surface area contributed by atoms with Crippen molar-refractivity contribution in [1.29, 1.82) is 0 Å². The summed E-state index contributed by atoms with van der Waals surface area (Å²) >= 11 is 0. The summed E-state index contributed by atoms with van der Waals surface area (Å²) in [6, 6.07) is 3.68. The van der Waals surface area contributed by atoms with Crippen LogP contribution >= 0.6 is 0 Å². The molecule has 22 heavy (non-hydrogen) atoms. The lowest BCUT2D eigenvalue weighted by Crippen LogP contribution is -2.16. The lowest BCUT2D eigenvalue weighted by atomic mass is 10.2. The third kappa shape index (κ3) is 3.78. The largest absolute Gasteiger partial charge is 0.416 e. The molecule has 122 valence electrons. The Morgan fingerprint density at radius 2 is 2.00 bits per heavy atom. The Kier molecular flexibility index (Phi) is 5.08. The zero-order chi connectivity index (χ0) is 16.3. The zero-order valence-corrected chi connectivity index (χ0v) is 12.9. The molecular formula is C15H20F3N3O. The minimum Gasteiger partial charge on any atom is -0.377 e. The van der Waals surface area contributed by atoms with Gasteiger partial charge in [0.05, 0.1) is 16.6 Å². The fourth-order valence-corrected chi connectivity index (χ4v) is 2.39. The summed E-state index contributed by atoms with van der Waals surface area (Å²) in [6.45, 7) is 1.86. The monoisotopic (exact) mass is 315 g/mol. The highest BCUT2D eigenvalue weighted by Crippen LogP contribution is 2.31. The number of fused-ring (bicyclic) bond motifs is 1. The van der Waals surface area contributed by atoms with E-state index in [0.717, 1.165) is 25.1 Å². The molecule has 0 aliphatic heterocycles. The molecule has 0 bridgehead atoms. The van der Waals surface area contributed by atoms with E-state index in [1.807, 2.05) is 18.7 Å². The number of imidazole rings is 1. The molecule has 7 heteroatoms. The first-order valence-corrected chi connectivity index (χ1v) is 7.03. The van der Waals surface area contributed by atoms with Gasteiger partial charge >= 0.3 is 6.18 Å². The van der Waals surface area contributed by atoms with Crippen molar-refractivity contribution in [3.05, 3.63) is 29.6 Å². The van der Waals surface area contributed by atoms with Crippen molar-refractivity contribution in [2.24, 2.45) is 0 Å². The summed E-state index contributed by atoms with van der Waals surface area (Å²) < 4.78 is 45.4.